The molecule has 0 bridgehead atoms. The maximum absolute atomic E-state index is 11.6. The van der Waals surface area contributed by atoms with E-state index in [1.165, 1.54) is 12.1 Å². The van der Waals surface area contributed by atoms with Crippen molar-refractivity contribution in [3.05, 3.63) is 32.8 Å². The van der Waals surface area contributed by atoms with Gasteiger partial charge in [-0.05, 0) is 27.9 Å². The van der Waals surface area contributed by atoms with Crippen molar-refractivity contribution >= 4 is 27.5 Å². The van der Waals surface area contributed by atoms with E-state index in [4.69, 9.17) is 10.6 Å². The van der Waals surface area contributed by atoms with Gasteiger partial charge in [0.05, 0.1) is 9.40 Å². The Morgan fingerprint density at radius 1 is 1.53 bits per heavy atom. The maximum Gasteiger partial charge on any atom is 0.312 e. The lowest BCUT2D eigenvalue weighted by atomic mass is 10.1. The van der Waals surface area contributed by atoms with E-state index in [0.717, 1.165) is 0 Å². The summed E-state index contributed by atoms with van der Waals surface area (Å²) >= 11 is 3.17. The molecule has 104 valence electrons. The third kappa shape index (κ3) is 3.65. The van der Waals surface area contributed by atoms with Gasteiger partial charge in [-0.25, -0.2) is 5.84 Å². The molecule has 0 radical (unpaired) electrons. The zero-order chi connectivity index (χ0) is 14.6. The van der Waals surface area contributed by atoms with Crippen LogP contribution in [-0.2, 0) is 4.79 Å². The number of amides is 1. The molecule has 0 aliphatic heterocycles. The minimum Gasteiger partial charge on any atom is -0.472 e. The second kappa shape index (κ2) is 6.48. The Morgan fingerprint density at radius 3 is 2.63 bits per heavy atom. The van der Waals surface area contributed by atoms with Crippen molar-refractivity contribution in [1.29, 1.82) is 0 Å². The highest BCUT2D eigenvalue weighted by Crippen LogP contribution is 2.36. The molecule has 8 heteroatoms. The lowest BCUT2D eigenvalue weighted by molar-refractivity contribution is -0.386. The Morgan fingerprint density at radius 2 is 2.16 bits per heavy atom. The molecular weight excluding hydrogens is 318 g/mol. The molecule has 1 aromatic rings. The smallest absolute Gasteiger partial charge is 0.312 e. The predicted octanol–water partition coefficient (Wildman–Crippen LogP) is 1.75. The van der Waals surface area contributed by atoms with Gasteiger partial charge in [-0.2, -0.15) is 0 Å². The minimum atomic E-state index is -0.914. The van der Waals surface area contributed by atoms with E-state index >= 15 is 0 Å². The Hall–Kier alpha value is -1.67. The Bertz CT molecular complexity index is 493. The summed E-state index contributed by atoms with van der Waals surface area (Å²) in [6, 6.07) is 4.42. The van der Waals surface area contributed by atoms with E-state index in [1.54, 1.807) is 19.9 Å². The standard InChI is InChI=1S/C11H14BrN3O4/c1-6(2)9(11(16)14-13)19-10-7(12)4-3-5-8(10)15(17)18/h3-6,9H,13H2,1-2H3,(H,14,16). The highest BCUT2D eigenvalue weighted by molar-refractivity contribution is 9.10. The summed E-state index contributed by atoms with van der Waals surface area (Å²) in [5.74, 6) is 4.34. The Labute approximate surface area is 118 Å². The van der Waals surface area contributed by atoms with Gasteiger partial charge in [0.2, 0.25) is 5.75 Å². The fourth-order valence-corrected chi connectivity index (χ4v) is 1.91. The lowest BCUT2D eigenvalue weighted by Crippen LogP contribution is -2.44. The first-order valence-electron chi connectivity index (χ1n) is 5.48. The van der Waals surface area contributed by atoms with Crippen LogP contribution in [0.3, 0.4) is 0 Å². The number of ether oxygens (including phenoxy) is 1. The summed E-state index contributed by atoms with van der Waals surface area (Å²) in [4.78, 5) is 22.0. The lowest BCUT2D eigenvalue weighted by Gasteiger charge is -2.21. The van der Waals surface area contributed by atoms with Crippen LogP contribution in [-0.4, -0.2) is 16.9 Å². The van der Waals surface area contributed by atoms with E-state index in [1.807, 2.05) is 5.43 Å². The average molecular weight is 332 g/mol. The van der Waals surface area contributed by atoms with Gasteiger partial charge in [0.15, 0.2) is 6.10 Å². The molecular formula is C11H14BrN3O4. The minimum absolute atomic E-state index is 0.00907. The quantitative estimate of drug-likeness (QED) is 0.370. The third-order valence-electron chi connectivity index (χ3n) is 2.39. The second-order valence-electron chi connectivity index (χ2n) is 4.14. The molecule has 0 saturated carbocycles. The summed E-state index contributed by atoms with van der Waals surface area (Å²) < 4.78 is 5.87. The van der Waals surface area contributed by atoms with Gasteiger partial charge in [-0.1, -0.05) is 19.9 Å². The van der Waals surface area contributed by atoms with Crippen molar-refractivity contribution < 1.29 is 14.5 Å². The topological polar surface area (TPSA) is 107 Å². The molecule has 0 aliphatic rings. The maximum atomic E-state index is 11.6. The summed E-state index contributed by atoms with van der Waals surface area (Å²) in [6.45, 7) is 3.51. The number of hydrogen-bond donors (Lipinski definition) is 2. The van der Waals surface area contributed by atoms with Crippen LogP contribution in [0.4, 0.5) is 5.69 Å². The van der Waals surface area contributed by atoms with Crippen LogP contribution in [0.25, 0.3) is 0 Å². The van der Waals surface area contributed by atoms with E-state index < -0.39 is 16.9 Å². The number of carbonyl (C=O) groups excluding carboxylic acids is 1. The molecule has 1 unspecified atom stereocenters. The number of nitro groups is 1. The fraction of sp³-hybridized carbons (Fsp3) is 0.364. The number of para-hydroxylation sites is 1. The first kappa shape index (κ1) is 15.4. The number of nitro benzene ring substituents is 1. The van der Waals surface area contributed by atoms with E-state index in [2.05, 4.69) is 15.9 Å². The zero-order valence-corrected chi connectivity index (χ0v) is 12.0. The van der Waals surface area contributed by atoms with Gasteiger partial charge < -0.3 is 4.74 Å². The SMILES string of the molecule is CC(C)C(Oc1c(Br)cccc1[N+](=O)[O-])C(=O)NN. The van der Waals surface area contributed by atoms with Gasteiger partial charge in [-0.3, -0.25) is 20.3 Å². The molecule has 1 aromatic carbocycles. The summed E-state index contributed by atoms with van der Waals surface area (Å²) in [5.41, 5.74) is 1.77. The first-order valence-corrected chi connectivity index (χ1v) is 6.27. The van der Waals surface area contributed by atoms with Gasteiger partial charge in [0.25, 0.3) is 5.91 Å². The van der Waals surface area contributed by atoms with Gasteiger partial charge >= 0.3 is 5.69 Å². The number of benzene rings is 1. The third-order valence-corrected chi connectivity index (χ3v) is 3.02. The molecule has 0 spiro atoms. The van der Waals surface area contributed by atoms with Gasteiger partial charge in [-0.15, -0.1) is 0 Å². The van der Waals surface area contributed by atoms with Crippen LogP contribution >= 0.6 is 15.9 Å². The van der Waals surface area contributed by atoms with Crippen molar-refractivity contribution in [3.63, 3.8) is 0 Å². The van der Waals surface area contributed by atoms with Crippen LogP contribution < -0.4 is 16.0 Å². The van der Waals surface area contributed by atoms with Crippen molar-refractivity contribution in [3.8, 4) is 5.75 Å². The largest absolute Gasteiger partial charge is 0.472 e. The summed E-state index contributed by atoms with van der Waals surface area (Å²) in [7, 11) is 0. The van der Waals surface area contributed by atoms with Gasteiger partial charge in [0, 0.05) is 6.07 Å². The molecule has 1 amide bonds. The van der Waals surface area contributed by atoms with Crippen LogP contribution in [0.15, 0.2) is 22.7 Å². The predicted molar refractivity (Wildman–Crippen MR) is 72.4 cm³/mol. The van der Waals surface area contributed by atoms with Crippen molar-refractivity contribution in [2.45, 2.75) is 20.0 Å². The van der Waals surface area contributed by atoms with Crippen LogP contribution in [0.1, 0.15) is 13.8 Å². The van der Waals surface area contributed by atoms with Crippen molar-refractivity contribution in [2.75, 3.05) is 0 Å². The Kier molecular flexibility index (Phi) is 5.25. The summed E-state index contributed by atoms with van der Waals surface area (Å²) in [5, 5.41) is 10.9. The van der Waals surface area contributed by atoms with Crippen LogP contribution in [0.5, 0.6) is 5.75 Å². The fourth-order valence-electron chi connectivity index (χ4n) is 1.46. The highest BCUT2D eigenvalue weighted by atomic mass is 79.9. The molecule has 3 N–H and O–H groups in total. The molecule has 0 aliphatic carbocycles. The molecule has 0 saturated heterocycles. The Balaban J connectivity index is 3.16. The van der Waals surface area contributed by atoms with E-state index in [-0.39, 0.29) is 17.4 Å². The normalized spacial score (nSPS) is 12.1. The molecule has 1 rings (SSSR count). The summed E-state index contributed by atoms with van der Waals surface area (Å²) in [6.07, 6.45) is -0.914. The molecule has 0 aromatic heterocycles. The number of hydrazine groups is 1. The average Bonchev–Trinajstić information content (AvgIpc) is 2.35. The molecule has 7 nitrogen and oxygen atoms in total. The molecule has 0 heterocycles. The van der Waals surface area contributed by atoms with Crippen molar-refractivity contribution in [1.82, 2.24) is 5.43 Å². The van der Waals surface area contributed by atoms with Crippen LogP contribution in [0, 0.1) is 16.0 Å². The monoisotopic (exact) mass is 331 g/mol. The number of nitrogens with one attached hydrogen (secondary N) is 1. The number of nitrogens with two attached hydrogens (primary N) is 1. The second-order valence-corrected chi connectivity index (χ2v) is 4.99. The molecule has 1 atom stereocenters. The van der Waals surface area contributed by atoms with E-state index in [9.17, 15) is 14.9 Å². The van der Waals surface area contributed by atoms with Gasteiger partial charge in [0.1, 0.15) is 0 Å². The number of carbonyl (C=O) groups is 1. The number of halogens is 1. The molecule has 0 fully saturated rings. The molecule has 19 heavy (non-hydrogen) atoms. The first-order chi connectivity index (χ1) is 8.88. The number of hydrogen-bond acceptors (Lipinski definition) is 5. The van der Waals surface area contributed by atoms with E-state index in [0.29, 0.717) is 4.47 Å². The van der Waals surface area contributed by atoms with Crippen LogP contribution in [0.2, 0.25) is 0 Å². The number of nitrogens with zero attached hydrogens (tertiary/aromatic N) is 1. The highest BCUT2D eigenvalue weighted by Gasteiger charge is 2.28. The van der Waals surface area contributed by atoms with Crippen molar-refractivity contribution in [2.24, 2.45) is 11.8 Å². The number of rotatable bonds is 5. The zero-order valence-electron chi connectivity index (χ0n) is 10.4.